The highest BCUT2D eigenvalue weighted by Crippen LogP contribution is 2.43. The Bertz CT molecular complexity index is 7340. The molecular formula is C138H112O6. The summed E-state index contributed by atoms with van der Waals surface area (Å²) in [5.74, 6) is 0.718. The minimum atomic E-state index is -0.353. The van der Waals surface area contributed by atoms with E-state index < -0.39 is 0 Å². The Kier molecular flexibility index (Phi) is 29.9. The van der Waals surface area contributed by atoms with Crippen LogP contribution in [0.5, 0.6) is 11.5 Å². The van der Waals surface area contributed by atoms with Crippen molar-refractivity contribution >= 4 is 120 Å². The Morgan fingerprint density at radius 3 is 0.694 bits per heavy atom. The molecule has 0 atom stereocenters. The number of carbonyl (C=O) groups excluding carboxylic acids is 2. The van der Waals surface area contributed by atoms with Crippen molar-refractivity contribution in [2.45, 2.75) is 131 Å². The van der Waals surface area contributed by atoms with Crippen molar-refractivity contribution in [3.8, 4) is 56.0 Å². The van der Waals surface area contributed by atoms with Gasteiger partial charge in [0.25, 0.3) is 0 Å². The summed E-state index contributed by atoms with van der Waals surface area (Å²) in [4.78, 5) is 25.4. The van der Waals surface area contributed by atoms with E-state index in [0.29, 0.717) is 48.7 Å². The third-order valence-corrected chi connectivity index (χ3v) is 25.3. The molecule has 0 aliphatic carbocycles. The molecule has 0 saturated carbocycles. The molecule has 0 aliphatic rings. The molecule has 0 heterocycles. The summed E-state index contributed by atoms with van der Waals surface area (Å²) in [6.45, 7) is 32.0. The van der Waals surface area contributed by atoms with Gasteiger partial charge in [-0.05, 0) is 364 Å². The molecule has 0 aromatic heterocycles. The number of hydrogen-bond donors (Lipinski definition) is 0. The minimum absolute atomic E-state index is 0.205. The molecule has 0 N–H and O–H groups in total. The maximum Gasteiger partial charge on any atom is 0.338 e. The molecule has 144 heavy (non-hydrogen) atoms. The lowest BCUT2D eigenvalue weighted by atomic mass is 9.86. The highest BCUT2D eigenvalue weighted by Gasteiger charge is 2.21. The summed E-state index contributed by atoms with van der Waals surface area (Å²) in [5, 5.41) is 18.4. The van der Waals surface area contributed by atoms with E-state index in [-0.39, 0.29) is 46.8 Å². The molecule has 0 aliphatic heterocycles. The van der Waals surface area contributed by atoms with Gasteiger partial charge in [0.2, 0.25) is 0 Å². The van der Waals surface area contributed by atoms with E-state index in [0.717, 1.165) is 186 Å². The number of esters is 2. The molecule has 6 nitrogen and oxygen atoms in total. The lowest BCUT2D eigenvalue weighted by Gasteiger charge is -2.18. The quantitative estimate of drug-likeness (QED) is 0.0709. The number of aryl methyl sites for hydroxylation is 2. The van der Waals surface area contributed by atoms with Gasteiger partial charge in [-0.1, -0.05) is 325 Å². The van der Waals surface area contributed by atoms with Crippen molar-refractivity contribution in [2.75, 3.05) is 26.4 Å². The van der Waals surface area contributed by atoms with Crippen LogP contribution in [0.25, 0.3) is 152 Å². The summed E-state index contributed by atoms with van der Waals surface area (Å²) < 4.78 is 23.6. The van der Waals surface area contributed by atoms with Gasteiger partial charge in [0.1, 0.15) is 11.5 Å². The topological polar surface area (TPSA) is 71.1 Å². The molecular weight excluding hydrogens is 1750 g/mol. The molecule has 23 rings (SSSR count). The molecule has 0 radical (unpaired) electrons. The number of rotatable bonds is 16. The van der Waals surface area contributed by atoms with Crippen molar-refractivity contribution in [3.05, 3.63) is 493 Å². The summed E-state index contributed by atoms with van der Waals surface area (Å²) in [7, 11) is 0. The van der Waals surface area contributed by atoms with Gasteiger partial charge in [-0.15, -0.1) is 0 Å². The van der Waals surface area contributed by atoms with Gasteiger partial charge < -0.3 is 18.9 Å². The maximum absolute atomic E-state index is 12.7. The average Bonchev–Trinajstić information content (AvgIpc) is 0.760. The van der Waals surface area contributed by atoms with Gasteiger partial charge in [0.05, 0.1) is 37.6 Å². The van der Waals surface area contributed by atoms with Gasteiger partial charge in [-0.2, -0.15) is 0 Å². The van der Waals surface area contributed by atoms with Gasteiger partial charge in [0.15, 0.2) is 0 Å². The lowest BCUT2D eigenvalue weighted by molar-refractivity contribution is 0.0476. The second kappa shape index (κ2) is 43.9. The first kappa shape index (κ1) is 98.2. The lowest BCUT2D eigenvalue weighted by Crippen LogP contribution is -2.10. The monoisotopic (exact) mass is 1860 g/mol. The zero-order valence-corrected chi connectivity index (χ0v) is 84.2. The average molecular weight is 1870 g/mol. The van der Waals surface area contributed by atoms with Crippen LogP contribution < -0.4 is 9.47 Å². The smallest absolute Gasteiger partial charge is 0.338 e. The Hall–Kier alpha value is -17.5. The van der Waals surface area contributed by atoms with Gasteiger partial charge in [-0.3, -0.25) is 0 Å². The van der Waals surface area contributed by atoms with Crippen LogP contribution in [-0.4, -0.2) is 38.4 Å². The first-order valence-corrected chi connectivity index (χ1v) is 49.0. The minimum Gasteiger partial charge on any atom is -0.493 e. The molecule has 23 aromatic rings. The summed E-state index contributed by atoms with van der Waals surface area (Å²) in [6, 6.07) is 176. The molecule has 20 bridgehead atoms. The molecule has 0 unspecified atom stereocenters. The van der Waals surface area contributed by atoms with E-state index in [2.05, 4.69) is 461 Å². The van der Waals surface area contributed by atoms with Crippen LogP contribution in [-0.2, 0) is 31.1 Å². The molecule has 0 amide bonds. The molecule has 6 heteroatoms. The number of carbonyl (C=O) groups is 2. The highest BCUT2D eigenvalue weighted by atomic mass is 16.5. The standard InChI is InChI=1S/C138H112O6/c1-95-35-55-115(56-36-95)131-127-91-119(109-67-71-125(72-68-109)141-75-25-77-143-133(139)117-31-17-15-18-32-117)92-128(131)112-61-49-98(50-62-112)40-44-106-80-102(84-122(88-106)136(6,7)8)28-22-24-30-104-82-108(90-124(86-104)138(12,13)14)46-42-100-53-65-114(66-54-100)130-94-120(110-69-73-126(74-70-110)142-76-26-78-144-134(140)118-33-19-16-20-34-118)93-129(132(130)116-57-37-96(2)38-58-116)113-63-51-99(52-64-113)41-45-107-81-103(85-123(89-107)137(9,10)11)29-23-21-27-101-79-105(87-121(83-101)135(3,4)5)43-39-97-47-59-111(127)60-48-97/h15-20,31-38,47-74,79-94H,25-26,75-78H2,1-14H3. The largest absolute Gasteiger partial charge is 0.493 e. The van der Waals surface area contributed by atoms with Gasteiger partial charge in [0, 0.05) is 77.5 Å². The van der Waals surface area contributed by atoms with Crippen LogP contribution in [0, 0.1) is 111 Å². The van der Waals surface area contributed by atoms with Crippen LogP contribution in [0.4, 0.5) is 0 Å². The summed E-state index contributed by atoms with van der Waals surface area (Å²) in [5.41, 5.74) is 15.4. The fourth-order valence-corrected chi connectivity index (χ4v) is 17.0. The molecule has 0 spiro atoms. The maximum atomic E-state index is 12.7. The highest BCUT2D eigenvalue weighted by molar-refractivity contribution is 6.13. The van der Waals surface area contributed by atoms with E-state index in [1.165, 1.54) is 0 Å². The predicted molar refractivity (Wildman–Crippen MR) is 595 cm³/mol. The first-order valence-electron chi connectivity index (χ1n) is 49.0. The van der Waals surface area contributed by atoms with Crippen molar-refractivity contribution in [2.24, 2.45) is 0 Å². The van der Waals surface area contributed by atoms with Crippen LogP contribution in [0.15, 0.2) is 352 Å². The number of ether oxygens (including phenoxy) is 4. The van der Waals surface area contributed by atoms with Crippen LogP contribution in [0.2, 0.25) is 0 Å². The Morgan fingerprint density at radius 1 is 0.222 bits per heavy atom. The van der Waals surface area contributed by atoms with E-state index in [1.807, 2.05) is 60.7 Å². The van der Waals surface area contributed by atoms with Crippen LogP contribution in [0.1, 0.15) is 150 Å². The third kappa shape index (κ3) is 25.6. The molecule has 700 valence electrons. The van der Waals surface area contributed by atoms with E-state index in [1.54, 1.807) is 24.3 Å². The zero-order chi connectivity index (χ0) is 100. The van der Waals surface area contributed by atoms with Crippen LogP contribution >= 0.6 is 0 Å². The zero-order valence-electron chi connectivity index (χ0n) is 84.2. The number of hydrogen-bond acceptors (Lipinski definition) is 6. The van der Waals surface area contributed by atoms with E-state index in [9.17, 15) is 9.59 Å². The molecule has 0 saturated heterocycles. The van der Waals surface area contributed by atoms with Gasteiger partial charge in [-0.25, -0.2) is 9.59 Å². The second-order valence-electron chi connectivity index (χ2n) is 40.6. The Labute approximate surface area is 849 Å². The fraction of sp³-hybridized carbons (Fsp3) is 0.174. The molecule has 0 fully saturated rings. The van der Waals surface area contributed by atoms with E-state index in [4.69, 9.17) is 18.9 Å². The Morgan fingerprint density at radius 2 is 0.451 bits per heavy atom. The second-order valence-corrected chi connectivity index (χ2v) is 40.6. The molecule has 23 aromatic carbocycles. The third-order valence-electron chi connectivity index (χ3n) is 25.3. The van der Waals surface area contributed by atoms with Crippen molar-refractivity contribution in [3.63, 3.8) is 0 Å². The number of benzene rings is 16. The Balaban J connectivity index is 0.802. The summed E-state index contributed by atoms with van der Waals surface area (Å²) >= 11 is 0. The summed E-state index contributed by atoms with van der Waals surface area (Å²) in [6.07, 6.45) is 1.07. The van der Waals surface area contributed by atoms with Gasteiger partial charge >= 0.3 is 11.9 Å². The van der Waals surface area contributed by atoms with Crippen molar-refractivity contribution in [1.82, 2.24) is 0 Å². The van der Waals surface area contributed by atoms with Crippen molar-refractivity contribution < 1.29 is 28.5 Å². The predicted octanol–water partition coefficient (Wildman–Crippen LogP) is 34.2. The van der Waals surface area contributed by atoms with Crippen molar-refractivity contribution in [1.29, 1.82) is 0 Å². The normalized spacial score (nSPS) is 11.0. The van der Waals surface area contributed by atoms with Crippen LogP contribution in [0.3, 0.4) is 0 Å². The van der Waals surface area contributed by atoms with E-state index >= 15 is 0 Å². The first-order chi connectivity index (χ1) is 69.4. The SMILES string of the molecule is Cc1ccc(-c2c3cc(-c4ccc(OCCCOC(=O)c5ccccc5)cc4)cc2c2ccc(c#cc4cc(C(C)(C)C)cc(c#cc#cc5cc(C(C)(C)C)cc(c#cc6ccc(cc6)c6cc(-c7ccc(OCCCOC(=O)c8ccccc8)cc7)cc(c6-c6ccc(C)cc6)c6ccc(c#cc7cc(C(C)(C)C)cc(c#cc#cc8cc(C(C)(C)C)cc(c#cc9ccc3cc9)c8)c7)cc6)c5)c4)cc2)cc1. The fourth-order valence-electron chi connectivity index (χ4n) is 17.0.